The Balaban J connectivity index is 1.94. The maximum absolute atomic E-state index is 2.32. The van der Waals surface area contributed by atoms with Crippen LogP contribution in [0.2, 0.25) is 0 Å². The lowest BCUT2D eigenvalue weighted by atomic mass is 9.86. The highest BCUT2D eigenvalue weighted by atomic mass is 32.2. The van der Waals surface area contributed by atoms with Gasteiger partial charge in [0.15, 0.2) is 0 Å². The zero-order valence-corrected chi connectivity index (χ0v) is 7.29. The zero-order valence-electron chi connectivity index (χ0n) is 6.47. The Labute approximate surface area is 66.8 Å². The van der Waals surface area contributed by atoms with Gasteiger partial charge in [0, 0.05) is 4.75 Å². The maximum atomic E-state index is 2.32. The molecule has 10 heavy (non-hydrogen) atoms. The van der Waals surface area contributed by atoms with Gasteiger partial charge in [-0.1, -0.05) is 6.42 Å². The van der Waals surface area contributed by atoms with Gasteiger partial charge in [0.05, 0.1) is 0 Å². The fraction of sp³-hybridized carbons (Fsp3) is 1.00. The first-order valence-electron chi connectivity index (χ1n) is 4.42. The smallest absolute Gasteiger partial charge is 0.0222 e. The van der Waals surface area contributed by atoms with E-state index in [0.29, 0.717) is 0 Å². The van der Waals surface area contributed by atoms with Gasteiger partial charge >= 0.3 is 0 Å². The minimum atomic E-state index is 0.836. The number of rotatable bonds is 1. The monoisotopic (exact) mass is 154 g/mol. The van der Waals surface area contributed by atoms with Crippen LogP contribution >= 0.6 is 11.8 Å². The summed E-state index contributed by atoms with van der Waals surface area (Å²) in [5.41, 5.74) is 0. The van der Waals surface area contributed by atoms with Crippen LogP contribution in [0.25, 0.3) is 0 Å². The molecular weight excluding hydrogens is 140 g/mol. The third-order valence-electron chi connectivity index (χ3n) is 4.09. The van der Waals surface area contributed by atoms with Gasteiger partial charge in [-0.25, -0.2) is 0 Å². The molecule has 0 spiro atoms. The molecule has 0 aromatic heterocycles. The topological polar surface area (TPSA) is 0 Å². The minimum Gasteiger partial charge on any atom is -0.158 e. The molecular formula is C9H14S. The van der Waals surface area contributed by atoms with Crippen molar-refractivity contribution < 1.29 is 0 Å². The van der Waals surface area contributed by atoms with Gasteiger partial charge in [-0.2, -0.15) is 11.8 Å². The third kappa shape index (κ3) is 0.459. The molecule has 4 aliphatic rings. The van der Waals surface area contributed by atoms with Gasteiger partial charge in [0.2, 0.25) is 0 Å². The molecule has 1 heteroatoms. The first-order chi connectivity index (χ1) is 4.87. The van der Waals surface area contributed by atoms with E-state index < -0.39 is 0 Å². The second-order valence-electron chi connectivity index (χ2n) is 4.26. The predicted octanol–water partition coefficient (Wildman–Crippen LogP) is 2.54. The molecule has 0 aliphatic heterocycles. The second kappa shape index (κ2) is 1.57. The maximum Gasteiger partial charge on any atom is 0.0222 e. The summed E-state index contributed by atoms with van der Waals surface area (Å²) in [6.07, 6.45) is 8.61. The number of hydrogen-bond acceptors (Lipinski definition) is 1. The number of hydrogen-bond donors (Lipinski definition) is 0. The van der Waals surface area contributed by atoms with E-state index in [2.05, 4.69) is 18.0 Å². The van der Waals surface area contributed by atoms with Crippen LogP contribution in [0, 0.1) is 17.8 Å². The molecule has 0 heterocycles. The van der Waals surface area contributed by atoms with Crippen molar-refractivity contribution in [2.75, 3.05) is 6.26 Å². The Morgan fingerprint density at radius 2 is 2.20 bits per heavy atom. The zero-order chi connectivity index (χ0) is 6.77. The van der Waals surface area contributed by atoms with Gasteiger partial charge in [0.1, 0.15) is 0 Å². The van der Waals surface area contributed by atoms with Gasteiger partial charge in [-0.05, 0) is 43.3 Å². The van der Waals surface area contributed by atoms with Crippen molar-refractivity contribution in [2.24, 2.45) is 17.8 Å². The predicted molar refractivity (Wildman–Crippen MR) is 45.2 cm³/mol. The van der Waals surface area contributed by atoms with Crippen LogP contribution in [0.5, 0.6) is 0 Å². The van der Waals surface area contributed by atoms with Crippen LogP contribution in [-0.4, -0.2) is 11.0 Å². The minimum absolute atomic E-state index is 0.836. The highest BCUT2D eigenvalue weighted by Gasteiger charge is 2.70. The highest BCUT2D eigenvalue weighted by molar-refractivity contribution is 8.00. The summed E-state index contributed by atoms with van der Waals surface area (Å²) >= 11 is 2.17. The Hall–Kier alpha value is 0.350. The van der Waals surface area contributed by atoms with Crippen LogP contribution in [-0.2, 0) is 0 Å². The number of fused-ring (bicyclic) bond motifs is 1. The Bertz CT molecular complexity index is 172. The SMILES string of the molecule is CSC12CC3CCC1C2C3. The van der Waals surface area contributed by atoms with Crippen molar-refractivity contribution in [1.82, 2.24) is 0 Å². The fourth-order valence-corrected chi connectivity index (χ4v) is 5.08. The quantitative estimate of drug-likeness (QED) is 0.559. The molecule has 4 saturated carbocycles. The van der Waals surface area contributed by atoms with Crippen LogP contribution in [0.15, 0.2) is 0 Å². The van der Waals surface area contributed by atoms with Crippen molar-refractivity contribution in [3.63, 3.8) is 0 Å². The van der Waals surface area contributed by atoms with E-state index >= 15 is 0 Å². The molecule has 0 aromatic carbocycles. The van der Waals surface area contributed by atoms with Gasteiger partial charge in [-0.15, -0.1) is 0 Å². The van der Waals surface area contributed by atoms with Gasteiger partial charge in [0.25, 0.3) is 0 Å². The Morgan fingerprint density at radius 1 is 1.30 bits per heavy atom. The second-order valence-corrected chi connectivity index (χ2v) is 5.42. The van der Waals surface area contributed by atoms with Crippen molar-refractivity contribution in [3.05, 3.63) is 0 Å². The molecule has 4 rings (SSSR count). The van der Waals surface area contributed by atoms with Gasteiger partial charge < -0.3 is 0 Å². The van der Waals surface area contributed by atoms with Crippen molar-refractivity contribution in [3.8, 4) is 0 Å². The molecule has 0 amide bonds. The van der Waals surface area contributed by atoms with Gasteiger partial charge in [-0.3, -0.25) is 0 Å². The summed E-state index contributed by atoms with van der Waals surface area (Å²) in [6.45, 7) is 0. The Morgan fingerprint density at radius 3 is 2.50 bits per heavy atom. The molecule has 4 fully saturated rings. The van der Waals surface area contributed by atoms with Crippen LogP contribution < -0.4 is 0 Å². The highest BCUT2D eigenvalue weighted by Crippen LogP contribution is 2.74. The molecule has 4 atom stereocenters. The molecule has 4 aliphatic carbocycles. The average molecular weight is 154 g/mol. The normalized spacial score (nSPS) is 62.7. The fourth-order valence-electron chi connectivity index (χ4n) is 3.60. The molecule has 4 unspecified atom stereocenters. The lowest BCUT2D eigenvalue weighted by molar-refractivity contribution is 0.324. The van der Waals surface area contributed by atoms with Crippen LogP contribution in [0.3, 0.4) is 0 Å². The molecule has 0 aromatic rings. The third-order valence-corrected chi connectivity index (χ3v) is 5.63. The van der Waals surface area contributed by atoms with Crippen LogP contribution in [0.1, 0.15) is 25.7 Å². The summed E-state index contributed by atoms with van der Waals surface area (Å²) in [7, 11) is 0. The van der Waals surface area contributed by atoms with E-state index in [0.717, 1.165) is 16.6 Å². The van der Waals surface area contributed by atoms with Crippen molar-refractivity contribution in [2.45, 2.75) is 30.4 Å². The molecule has 0 saturated heterocycles. The summed E-state index contributed by atoms with van der Waals surface area (Å²) in [5, 5.41) is 0. The summed E-state index contributed by atoms with van der Waals surface area (Å²) in [4.78, 5) is 0. The van der Waals surface area contributed by atoms with E-state index in [9.17, 15) is 0 Å². The Kier molecular flexibility index (Phi) is 0.934. The summed E-state index contributed by atoms with van der Waals surface area (Å²) in [5.74, 6) is 3.47. The van der Waals surface area contributed by atoms with E-state index in [-0.39, 0.29) is 0 Å². The average Bonchev–Trinajstić information content (AvgIpc) is 2.52. The lowest BCUT2D eigenvalue weighted by Gasteiger charge is -2.24. The van der Waals surface area contributed by atoms with E-state index in [4.69, 9.17) is 0 Å². The first-order valence-corrected chi connectivity index (χ1v) is 5.64. The molecule has 4 bridgehead atoms. The number of thioether (sulfide) groups is 1. The molecule has 0 N–H and O–H groups in total. The van der Waals surface area contributed by atoms with Crippen molar-refractivity contribution in [1.29, 1.82) is 0 Å². The standard InChI is InChI=1S/C9H14S/c1-10-9-5-6-2-3-7(9)8(9)4-6/h6-8H,2-5H2,1H3. The summed E-state index contributed by atoms with van der Waals surface area (Å²) < 4.78 is 0.836. The molecule has 56 valence electrons. The molecule has 0 radical (unpaired) electrons. The molecule has 0 nitrogen and oxygen atoms in total. The summed E-state index contributed by atoms with van der Waals surface area (Å²) in [6, 6.07) is 0. The lowest BCUT2D eigenvalue weighted by Crippen LogP contribution is -2.16. The van der Waals surface area contributed by atoms with E-state index in [1.165, 1.54) is 5.92 Å². The van der Waals surface area contributed by atoms with Crippen molar-refractivity contribution >= 4 is 11.8 Å². The first kappa shape index (κ1) is 5.93. The van der Waals surface area contributed by atoms with E-state index in [1.807, 2.05) is 0 Å². The van der Waals surface area contributed by atoms with E-state index in [1.54, 1.807) is 25.7 Å². The van der Waals surface area contributed by atoms with Crippen LogP contribution in [0.4, 0.5) is 0 Å². The largest absolute Gasteiger partial charge is 0.158 e.